The fourth-order valence-corrected chi connectivity index (χ4v) is 2.70. The van der Waals surface area contributed by atoms with Crippen LogP contribution in [0.2, 0.25) is 0 Å². The molecule has 5 heteroatoms. The minimum absolute atomic E-state index is 0.345. The van der Waals surface area contributed by atoms with Gasteiger partial charge < -0.3 is 9.47 Å². The molecule has 0 saturated heterocycles. The number of carbonyl (C=O) groups is 1. The lowest BCUT2D eigenvalue weighted by Gasteiger charge is -2.07. The second-order valence-electron chi connectivity index (χ2n) is 4.21. The second kappa shape index (κ2) is 7.69. The third kappa shape index (κ3) is 4.23. The van der Waals surface area contributed by atoms with Crippen LogP contribution in [-0.4, -0.2) is 24.7 Å². The van der Waals surface area contributed by atoms with Crippen LogP contribution < -0.4 is 4.74 Å². The number of thioether (sulfide) groups is 1. The summed E-state index contributed by atoms with van der Waals surface area (Å²) in [6.07, 6.45) is 1.60. The molecule has 1 aromatic carbocycles. The van der Waals surface area contributed by atoms with Crippen molar-refractivity contribution < 1.29 is 14.3 Å². The fourth-order valence-electron chi connectivity index (χ4n) is 1.74. The molecule has 0 saturated carbocycles. The molecule has 1 heterocycles. The minimum Gasteiger partial charge on any atom is -0.497 e. The normalized spacial score (nSPS) is 10.2. The third-order valence-electron chi connectivity index (χ3n) is 2.79. The van der Waals surface area contributed by atoms with Gasteiger partial charge in [0.05, 0.1) is 13.7 Å². The Morgan fingerprint density at radius 1 is 1.24 bits per heavy atom. The first-order valence-electron chi connectivity index (χ1n) is 6.62. The van der Waals surface area contributed by atoms with E-state index in [1.165, 1.54) is 0 Å². The number of rotatable bonds is 6. The van der Waals surface area contributed by atoms with E-state index in [2.05, 4.69) is 4.98 Å². The van der Waals surface area contributed by atoms with Crippen LogP contribution >= 0.6 is 11.8 Å². The van der Waals surface area contributed by atoms with Gasteiger partial charge in [0.1, 0.15) is 5.75 Å². The van der Waals surface area contributed by atoms with Crippen molar-refractivity contribution >= 4 is 17.7 Å². The van der Waals surface area contributed by atoms with Crippen molar-refractivity contribution in [2.24, 2.45) is 0 Å². The molecule has 2 aromatic rings. The Hall–Kier alpha value is -2.01. The first kappa shape index (κ1) is 15.4. The molecule has 0 N–H and O–H groups in total. The molecule has 0 fully saturated rings. The Bertz CT molecular complexity index is 599. The lowest BCUT2D eigenvalue weighted by Crippen LogP contribution is -2.08. The van der Waals surface area contributed by atoms with E-state index in [-0.39, 0.29) is 5.97 Å². The Kier molecular flexibility index (Phi) is 5.63. The van der Waals surface area contributed by atoms with Crippen molar-refractivity contribution in [2.75, 3.05) is 13.7 Å². The van der Waals surface area contributed by atoms with E-state index in [1.54, 1.807) is 32.0 Å². The molecule has 0 bridgehead atoms. The number of hydrogen-bond acceptors (Lipinski definition) is 5. The highest BCUT2D eigenvalue weighted by Gasteiger charge is 2.14. The highest BCUT2D eigenvalue weighted by molar-refractivity contribution is 7.98. The number of esters is 1. The smallest absolute Gasteiger partial charge is 0.358 e. The first-order valence-corrected chi connectivity index (χ1v) is 7.61. The zero-order chi connectivity index (χ0) is 15.1. The number of methoxy groups -OCH3 is 1. The topological polar surface area (TPSA) is 48.4 Å². The number of carbonyl (C=O) groups excluding carboxylic acids is 1. The van der Waals surface area contributed by atoms with Crippen molar-refractivity contribution in [1.29, 1.82) is 0 Å². The van der Waals surface area contributed by atoms with Gasteiger partial charge in [-0.2, -0.15) is 0 Å². The summed E-state index contributed by atoms with van der Waals surface area (Å²) in [4.78, 5) is 16.8. The maximum atomic E-state index is 11.8. The largest absolute Gasteiger partial charge is 0.497 e. The van der Waals surface area contributed by atoms with E-state index in [9.17, 15) is 4.79 Å². The lowest BCUT2D eigenvalue weighted by atomic mass is 10.2. The van der Waals surface area contributed by atoms with Crippen LogP contribution in [0.4, 0.5) is 0 Å². The van der Waals surface area contributed by atoms with Crippen molar-refractivity contribution in [3.8, 4) is 5.75 Å². The zero-order valence-electron chi connectivity index (χ0n) is 12.0. The number of aromatic nitrogens is 1. The zero-order valence-corrected chi connectivity index (χ0v) is 12.9. The Morgan fingerprint density at radius 3 is 2.67 bits per heavy atom. The number of hydrogen-bond donors (Lipinski definition) is 0. The molecule has 0 atom stereocenters. The summed E-state index contributed by atoms with van der Waals surface area (Å²) < 4.78 is 10.2. The summed E-state index contributed by atoms with van der Waals surface area (Å²) >= 11 is 1.56. The monoisotopic (exact) mass is 303 g/mol. The summed E-state index contributed by atoms with van der Waals surface area (Å²) in [5, 5.41) is 0. The van der Waals surface area contributed by atoms with Gasteiger partial charge in [0.25, 0.3) is 0 Å². The molecule has 0 spiro atoms. The van der Waals surface area contributed by atoms with Crippen LogP contribution in [0.25, 0.3) is 0 Å². The standard InChI is InChI=1S/C16H17NO3S/c1-3-20-16(18)15-14(5-4-10-17-15)21-11-12-6-8-13(19-2)9-7-12/h4-10H,3,11H2,1-2H3. The highest BCUT2D eigenvalue weighted by Crippen LogP contribution is 2.26. The van der Waals surface area contributed by atoms with Crippen molar-refractivity contribution in [1.82, 2.24) is 4.98 Å². The minimum atomic E-state index is -0.379. The third-order valence-corrected chi connectivity index (χ3v) is 3.91. The molecule has 4 nitrogen and oxygen atoms in total. The van der Waals surface area contributed by atoms with Gasteiger partial charge in [0.15, 0.2) is 5.69 Å². The Morgan fingerprint density at radius 2 is 2.00 bits per heavy atom. The predicted molar refractivity (Wildman–Crippen MR) is 82.7 cm³/mol. The molecule has 0 aliphatic rings. The second-order valence-corrected chi connectivity index (χ2v) is 5.22. The maximum Gasteiger partial charge on any atom is 0.358 e. The molecule has 0 radical (unpaired) electrons. The van der Waals surface area contributed by atoms with Crippen molar-refractivity contribution in [2.45, 2.75) is 17.6 Å². The number of pyridine rings is 1. The van der Waals surface area contributed by atoms with Crippen molar-refractivity contribution in [3.63, 3.8) is 0 Å². The van der Waals surface area contributed by atoms with Gasteiger partial charge >= 0.3 is 5.97 Å². The first-order chi connectivity index (χ1) is 10.2. The lowest BCUT2D eigenvalue weighted by molar-refractivity contribution is 0.0515. The maximum absolute atomic E-state index is 11.8. The van der Waals surface area contributed by atoms with Gasteiger partial charge in [-0.3, -0.25) is 0 Å². The van der Waals surface area contributed by atoms with Gasteiger partial charge in [0.2, 0.25) is 0 Å². The van der Waals surface area contributed by atoms with Gasteiger partial charge in [-0.15, -0.1) is 11.8 Å². The molecule has 0 aliphatic heterocycles. The Balaban J connectivity index is 2.07. The quantitative estimate of drug-likeness (QED) is 0.603. The molecule has 2 rings (SSSR count). The van der Waals surface area contributed by atoms with E-state index in [4.69, 9.17) is 9.47 Å². The van der Waals surface area contributed by atoms with Crippen molar-refractivity contribution in [3.05, 3.63) is 53.9 Å². The van der Waals surface area contributed by atoms with Crippen LogP contribution in [0.1, 0.15) is 23.0 Å². The summed E-state index contributed by atoms with van der Waals surface area (Å²) in [6, 6.07) is 11.6. The molecular formula is C16H17NO3S. The molecule has 0 amide bonds. The van der Waals surface area contributed by atoms with Crippen LogP contribution in [-0.2, 0) is 10.5 Å². The Labute approximate surface area is 128 Å². The summed E-state index contributed by atoms with van der Waals surface area (Å²) in [6.45, 7) is 2.13. The molecular weight excluding hydrogens is 286 g/mol. The van der Waals surface area contributed by atoms with Crippen LogP contribution in [0, 0.1) is 0 Å². The molecule has 110 valence electrons. The molecule has 0 aliphatic carbocycles. The van der Waals surface area contributed by atoms with E-state index in [1.807, 2.05) is 36.4 Å². The van der Waals surface area contributed by atoms with Gasteiger partial charge in [-0.25, -0.2) is 9.78 Å². The number of ether oxygens (including phenoxy) is 2. The number of nitrogens with zero attached hydrogens (tertiary/aromatic N) is 1. The predicted octanol–water partition coefficient (Wildman–Crippen LogP) is 3.56. The summed E-state index contributed by atoms with van der Waals surface area (Å²) in [5.74, 6) is 1.20. The van der Waals surface area contributed by atoms with Gasteiger partial charge in [0, 0.05) is 16.8 Å². The van der Waals surface area contributed by atoms with Crippen LogP contribution in [0.5, 0.6) is 5.75 Å². The van der Waals surface area contributed by atoms with Gasteiger partial charge in [-0.05, 0) is 36.8 Å². The van der Waals surface area contributed by atoms with E-state index < -0.39 is 0 Å². The van der Waals surface area contributed by atoms with E-state index >= 15 is 0 Å². The van der Waals surface area contributed by atoms with Crippen LogP contribution in [0.15, 0.2) is 47.5 Å². The van der Waals surface area contributed by atoms with E-state index in [0.29, 0.717) is 12.3 Å². The van der Waals surface area contributed by atoms with E-state index in [0.717, 1.165) is 22.0 Å². The molecule has 0 unspecified atom stereocenters. The summed E-state index contributed by atoms with van der Waals surface area (Å²) in [7, 11) is 1.64. The average molecular weight is 303 g/mol. The molecule has 1 aromatic heterocycles. The van der Waals surface area contributed by atoms with Crippen LogP contribution in [0.3, 0.4) is 0 Å². The highest BCUT2D eigenvalue weighted by atomic mass is 32.2. The molecule has 21 heavy (non-hydrogen) atoms. The SMILES string of the molecule is CCOC(=O)c1ncccc1SCc1ccc(OC)cc1. The summed E-state index contributed by atoms with van der Waals surface area (Å²) in [5.41, 5.74) is 1.53. The fraction of sp³-hybridized carbons (Fsp3) is 0.250. The number of benzene rings is 1. The van der Waals surface area contributed by atoms with Gasteiger partial charge in [-0.1, -0.05) is 12.1 Å². The average Bonchev–Trinajstić information content (AvgIpc) is 2.54.